The van der Waals surface area contributed by atoms with Crippen molar-refractivity contribution in [3.05, 3.63) is 84.1 Å². The van der Waals surface area contributed by atoms with Crippen LogP contribution in [0, 0.1) is 0 Å². The topological polar surface area (TPSA) is 98.1 Å². The highest BCUT2D eigenvalue weighted by molar-refractivity contribution is 5.94. The van der Waals surface area contributed by atoms with Crippen LogP contribution in [-0.4, -0.2) is 75.2 Å². The fourth-order valence-electron chi connectivity index (χ4n) is 4.56. The number of hydrogen-bond acceptors (Lipinski definition) is 7. The Labute approximate surface area is 214 Å². The summed E-state index contributed by atoms with van der Waals surface area (Å²) in [5, 5.41) is 12.7. The summed E-state index contributed by atoms with van der Waals surface area (Å²) in [4.78, 5) is 24.1. The van der Waals surface area contributed by atoms with E-state index in [0.29, 0.717) is 24.3 Å². The maximum absolute atomic E-state index is 12.6. The molecular weight excluding hydrogens is 466 g/mol. The summed E-state index contributed by atoms with van der Waals surface area (Å²) in [7, 11) is 0. The number of carbonyl (C=O) groups is 1. The quantitative estimate of drug-likeness (QED) is 0.372. The summed E-state index contributed by atoms with van der Waals surface area (Å²) in [6.45, 7) is 5.34. The predicted octanol–water partition coefficient (Wildman–Crippen LogP) is 3.15. The number of pyridine rings is 2. The van der Waals surface area contributed by atoms with Crippen LogP contribution in [0.4, 0.5) is 0 Å². The summed E-state index contributed by atoms with van der Waals surface area (Å²) < 4.78 is 7.18. The molecule has 3 aromatic heterocycles. The molecular formula is C28H27N7O2. The Kier molecular flexibility index (Phi) is 6.53. The van der Waals surface area contributed by atoms with Gasteiger partial charge in [-0.1, -0.05) is 29.5 Å². The van der Waals surface area contributed by atoms with Crippen LogP contribution in [-0.2, 0) is 11.3 Å². The lowest BCUT2D eigenvalue weighted by molar-refractivity contribution is 0.0383. The van der Waals surface area contributed by atoms with Crippen molar-refractivity contribution >= 4 is 28.0 Å². The first-order chi connectivity index (χ1) is 18.2. The van der Waals surface area contributed by atoms with Crippen LogP contribution < -0.4 is 5.32 Å². The fraction of sp³-hybridized carbons (Fsp3) is 0.250. The third kappa shape index (κ3) is 5.18. The van der Waals surface area contributed by atoms with E-state index in [1.54, 1.807) is 6.20 Å². The molecule has 4 heterocycles. The third-order valence-electron chi connectivity index (χ3n) is 6.62. The van der Waals surface area contributed by atoms with Crippen LogP contribution in [0.2, 0.25) is 0 Å². The Hall–Kier alpha value is -4.21. The maximum atomic E-state index is 12.6. The number of benzene rings is 2. The second-order valence-electron chi connectivity index (χ2n) is 9.10. The summed E-state index contributed by atoms with van der Waals surface area (Å²) in [6, 6.07) is 21.6. The molecule has 2 aromatic carbocycles. The molecule has 6 rings (SSSR count). The lowest BCUT2D eigenvalue weighted by atomic mass is 10.1. The third-order valence-corrected chi connectivity index (χ3v) is 6.62. The molecule has 1 N–H and O–H groups in total. The second-order valence-corrected chi connectivity index (χ2v) is 9.10. The average molecular weight is 494 g/mol. The zero-order valence-electron chi connectivity index (χ0n) is 20.4. The first-order valence-electron chi connectivity index (χ1n) is 12.5. The standard InChI is InChI=1S/C28H27N7O2/c36-28(30-12-13-34-14-16-37-17-15-34)22-6-4-21(5-7-22)25-9-10-26-27(31-25)35(33-32-26)19-20-3-8-24-23(18-20)2-1-11-29-24/h1-11,18H,12-17,19H2,(H,30,36). The molecule has 5 aromatic rings. The molecule has 9 nitrogen and oxygen atoms in total. The molecule has 1 amide bonds. The van der Waals surface area contributed by atoms with Gasteiger partial charge in [0, 0.05) is 48.9 Å². The lowest BCUT2D eigenvalue weighted by Crippen LogP contribution is -2.41. The Morgan fingerprint density at radius 1 is 0.973 bits per heavy atom. The van der Waals surface area contributed by atoms with E-state index in [2.05, 4.69) is 43.7 Å². The van der Waals surface area contributed by atoms with E-state index in [-0.39, 0.29) is 5.91 Å². The van der Waals surface area contributed by atoms with E-state index < -0.39 is 0 Å². The van der Waals surface area contributed by atoms with Gasteiger partial charge in [0.25, 0.3) is 5.91 Å². The van der Waals surface area contributed by atoms with Gasteiger partial charge in [-0.25, -0.2) is 9.67 Å². The van der Waals surface area contributed by atoms with Crippen molar-refractivity contribution in [2.45, 2.75) is 6.54 Å². The highest BCUT2D eigenvalue weighted by Crippen LogP contribution is 2.22. The average Bonchev–Trinajstić information content (AvgIpc) is 3.35. The first kappa shape index (κ1) is 23.2. The van der Waals surface area contributed by atoms with Crippen LogP contribution >= 0.6 is 0 Å². The van der Waals surface area contributed by atoms with E-state index in [1.807, 2.05) is 53.2 Å². The number of fused-ring (bicyclic) bond motifs is 2. The highest BCUT2D eigenvalue weighted by atomic mass is 16.5. The van der Waals surface area contributed by atoms with Gasteiger partial charge in [-0.3, -0.25) is 14.7 Å². The van der Waals surface area contributed by atoms with Crippen LogP contribution in [0.3, 0.4) is 0 Å². The smallest absolute Gasteiger partial charge is 0.251 e. The van der Waals surface area contributed by atoms with Gasteiger partial charge < -0.3 is 10.1 Å². The van der Waals surface area contributed by atoms with Gasteiger partial charge in [-0.15, -0.1) is 5.10 Å². The number of hydrogen-bond donors (Lipinski definition) is 1. The van der Waals surface area contributed by atoms with Crippen LogP contribution in [0.25, 0.3) is 33.3 Å². The Balaban J connectivity index is 1.15. The van der Waals surface area contributed by atoms with Gasteiger partial charge in [0.1, 0.15) is 5.52 Å². The zero-order chi connectivity index (χ0) is 25.0. The molecule has 0 radical (unpaired) electrons. The zero-order valence-corrected chi connectivity index (χ0v) is 20.4. The van der Waals surface area contributed by atoms with Crippen molar-refractivity contribution in [2.75, 3.05) is 39.4 Å². The van der Waals surface area contributed by atoms with Gasteiger partial charge in [0.15, 0.2) is 5.65 Å². The molecule has 0 unspecified atom stereocenters. The van der Waals surface area contributed by atoms with E-state index >= 15 is 0 Å². The first-order valence-corrected chi connectivity index (χ1v) is 12.5. The van der Waals surface area contributed by atoms with Crippen molar-refractivity contribution < 1.29 is 9.53 Å². The van der Waals surface area contributed by atoms with Crippen molar-refractivity contribution in [3.63, 3.8) is 0 Å². The van der Waals surface area contributed by atoms with Crippen molar-refractivity contribution in [1.29, 1.82) is 0 Å². The van der Waals surface area contributed by atoms with Gasteiger partial charge in [0.2, 0.25) is 0 Å². The normalized spacial score (nSPS) is 14.3. The van der Waals surface area contributed by atoms with Gasteiger partial charge in [-0.2, -0.15) is 0 Å². The number of nitrogens with zero attached hydrogens (tertiary/aromatic N) is 6. The van der Waals surface area contributed by atoms with Crippen LogP contribution in [0.15, 0.2) is 72.9 Å². The molecule has 0 aliphatic carbocycles. The monoisotopic (exact) mass is 493 g/mol. The van der Waals surface area contributed by atoms with Gasteiger partial charge >= 0.3 is 0 Å². The molecule has 1 fully saturated rings. The summed E-state index contributed by atoms with van der Waals surface area (Å²) in [5.41, 5.74) is 5.88. The van der Waals surface area contributed by atoms with Crippen LogP contribution in [0.1, 0.15) is 15.9 Å². The van der Waals surface area contributed by atoms with Crippen LogP contribution in [0.5, 0.6) is 0 Å². The molecule has 1 saturated heterocycles. The summed E-state index contributed by atoms with van der Waals surface area (Å²) in [5.74, 6) is -0.0731. The fourth-order valence-corrected chi connectivity index (χ4v) is 4.56. The van der Waals surface area contributed by atoms with E-state index in [0.717, 1.165) is 66.1 Å². The molecule has 9 heteroatoms. The Morgan fingerprint density at radius 3 is 2.68 bits per heavy atom. The molecule has 0 spiro atoms. The molecule has 1 aliphatic rings. The molecule has 37 heavy (non-hydrogen) atoms. The molecule has 0 saturated carbocycles. The van der Waals surface area contributed by atoms with Gasteiger partial charge in [0.05, 0.1) is 31.0 Å². The molecule has 1 aliphatic heterocycles. The highest BCUT2D eigenvalue weighted by Gasteiger charge is 2.13. The minimum absolute atomic E-state index is 0.0731. The van der Waals surface area contributed by atoms with Crippen molar-refractivity contribution in [3.8, 4) is 11.3 Å². The maximum Gasteiger partial charge on any atom is 0.251 e. The Bertz CT molecular complexity index is 1540. The minimum Gasteiger partial charge on any atom is -0.379 e. The van der Waals surface area contributed by atoms with Crippen molar-refractivity contribution in [2.24, 2.45) is 0 Å². The number of aromatic nitrogens is 5. The van der Waals surface area contributed by atoms with E-state index in [9.17, 15) is 4.79 Å². The summed E-state index contributed by atoms with van der Waals surface area (Å²) >= 11 is 0. The predicted molar refractivity (Wildman–Crippen MR) is 141 cm³/mol. The van der Waals surface area contributed by atoms with E-state index in [4.69, 9.17) is 9.72 Å². The minimum atomic E-state index is -0.0731. The number of morpholine rings is 1. The van der Waals surface area contributed by atoms with E-state index in [1.165, 1.54) is 0 Å². The number of ether oxygens (including phenoxy) is 1. The number of carbonyl (C=O) groups excluding carboxylic acids is 1. The number of amides is 1. The number of nitrogens with one attached hydrogen (secondary N) is 1. The Morgan fingerprint density at radius 2 is 1.81 bits per heavy atom. The molecule has 0 bridgehead atoms. The molecule has 186 valence electrons. The molecule has 0 atom stereocenters. The lowest BCUT2D eigenvalue weighted by Gasteiger charge is -2.26. The summed E-state index contributed by atoms with van der Waals surface area (Å²) in [6.07, 6.45) is 1.80. The second kappa shape index (κ2) is 10.4. The largest absolute Gasteiger partial charge is 0.379 e. The SMILES string of the molecule is O=C(NCCN1CCOCC1)c1ccc(-c2ccc3nnn(Cc4ccc5ncccc5c4)c3n2)cc1. The van der Waals surface area contributed by atoms with Gasteiger partial charge in [-0.05, 0) is 48.0 Å². The number of rotatable bonds is 7. The van der Waals surface area contributed by atoms with Crippen molar-refractivity contribution in [1.82, 2.24) is 35.2 Å².